The third-order valence-corrected chi connectivity index (χ3v) is 5.84. The second-order valence-electron chi connectivity index (χ2n) is 8.14. The highest BCUT2D eigenvalue weighted by Gasteiger charge is 2.32. The first-order chi connectivity index (χ1) is 16.5. The van der Waals surface area contributed by atoms with Gasteiger partial charge in [0.15, 0.2) is 6.61 Å². The Labute approximate surface area is 195 Å². The number of fused-ring (bicyclic) bond motifs is 1. The second-order valence-corrected chi connectivity index (χ2v) is 8.14. The van der Waals surface area contributed by atoms with Crippen LogP contribution >= 0.6 is 0 Å². The number of anilines is 1. The summed E-state index contributed by atoms with van der Waals surface area (Å²) < 4.78 is 9.45. The van der Waals surface area contributed by atoms with E-state index < -0.39 is 5.92 Å². The summed E-state index contributed by atoms with van der Waals surface area (Å²) in [5, 5.41) is 10.5. The van der Waals surface area contributed by atoms with Crippen molar-refractivity contribution in [1.82, 2.24) is 19.7 Å². The van der Waals surface area contributed by atoms with Gasteiger partial charge < -0.3 is 14.6 Å². The molecule has 5 rings (SSSR count). The van der Waals surface area contributed by atoms with Crippen molar-refractivity contribution in [2.75, 3.05) is 11.9 Å². The lowest BCUT2D eigenvalue weighted by Crippen LogP contribution is -2.39. The number of hydrogen-bond acceptors (Lipinski definition) is 5. The van der Waals surface area contributed by atoms with Gasteiger partial charge in [-0.3, -0.25) is 24.4 Å². The van der Waals surface area contributed by atoms with E-state index in [9.17, 15) is 14.4 Å². The van der Waals surface area contributed by atoms with Crippen molar-refractivity contribution in [2.45, 2.75) is 18.8 Å². The second kappa shape index (κ2) is 8.86. The summed E-state index contributed by atoms with van der Waals surface area (Å²) in [5.41, 5.74) is 2.95. The summed E-state index contributed by atoms with van der Waals surface area (Å²) >= 11 is 0. The molecule has 2 aromatic carbocycles. The van der Waals surface area contributed by atoms with Gasteiger partial charge in [0.2, 0.25) is 11.8 Å². The minimum Gasteiger partial charge on any atom is -0.481 e. The first-order valence-electron chi connectivity index (χ1n) is 10.9. The highest BCUT2D eigenvalue weighted by atomic mass is 16.5. The minimum atomic E-state index is -0.505. The summed E-state index contributed by atoms with van der Waals surface area (Å²) in [6, 6.07) is 16.8. The largest absolute Gasteiger partial charge is 0.481 e. The zero-order chi connectivity index (χ0) is 23.7. The first-order valence-corrected chi connectivity index (χ1v) is 10.9. The fourth-order valence-electron chi connectivity index (χ4n) is 4.22. The van der Waals surface area contributed by atoms with Crippen LogP contribution in [-0.2, 0) is 21.4 Å². The Bertz CT molecular complexity index is 1370. The average molecular weight is 457 g/mol. The Balaban J connectivity index is 1.29. The van der Waals surface area contributed by atoms with Gasteiger partial charge in [-0.05, 0) is 48.9 Å². The molecule has 0 aliphatic carbocycles. The normalized spacial score (nSPS) is 15.9. The number of aromatic nitrogens is 3. The Kier molecular flexibility index (Phi) is 5.59. The van der Waals surface area contributed by atoms with Crippen molar-refractivity contribution < 1.29 is 19.1 Å². The lowest BCUT2D eigenvalue weighted by molar-refractivity contribution is -0.134. The quantitative estimate of drug-likeness (QED) is 0.433. The molecule has 34 heavy (non-hydrogen) atoms. The number of benzene rings is 2. The number of nitrogens with one attached hydrogen (secondary N) is 2. The summed E-state index contributed by atoms with van der Waals surface area (Å²) in [5.74, 6) is -0.919. The van der Waals surface area contributed by atoms with Crippen molar-refractivity contribution in [3.63, 3.8) is 0 Å². The number of imide groups is 1. The van der Waals surface area contributed by atoms with E-state index in [2.05, 4.69) is 15.7 Å². The van der Waals surface area contributed by atoms with Crippen LogP contribution in [0.2, 0.25) is 0 Å². The molecule has 0 radical (unpaired) electrons. The fourth-order valence-corrected chi connectivity index (χ4v) is 4.22. The van der Waals surface area contributed by atoms with Crippen LogP contribution in [0.3, 0.4) is 0 Å². The van der Waals surface area contributed by atoms with Gasteiger partial charge in [0.25, 0.3) is 5.91 Å². The van der Waals surface area contributed by atoms with Gasteiger partial charge in [-0.1, -0.05) is 12.1 Å². The van der Waals surface area contributed by atoms with Crippen LogP contribution in [0.1, 0.15) is 24.5 Å². The number of hydrogen-bond donors (Lipinski definition) is 2. The molecule has 9 heteroatoms. The molecule has 2 aromatic heterocycles. The molecule has 0 saturated carbocycles. The molecule has 4 aromatic rings. The monoisotopic (exact) mass is 457 g/mol. The van der Waals surface area contributed by atoms with Crippen LogP contribution in [0.25, 0.3) is 16.6 Å². The Hall–Kier alpha value is -4.40. The van der Waals surface area contributed by atoms with E-state index in [1.54, 1.807) is 23.9 Å². The van der Waals surface area contributed by atoms with Crippen LogP contribution in [-0.4, -0.2) is 38.7 Å². The summed E-state index contributed by atoms with van der Waals surface area (Å²) in [6.07, 6.45) is 4.59. The van der Waals surface area contributed by atoms with Crippen LogP contribution < -0.4 is 15.4 Å². The molecule has 3 heterocycles. The van der Waals surface area contributed by atoms with Gasteiger partial charge >= 0.3 is 0 Å². The van der Waals surface area contributed by atoms with Crippen LogP contribution in [0.5, 0.6) is 5.75 Å². The first kappa shape index (κ1) is 21.4. The molecule has 3 amide bonds. The molecule has 1 fully saturated rings. The molecule has 9 nitrogen and oxygen atoms in total. The molecule has 1 unspecified atom stereocenters. The van der Waals surface area contributed by atoms with Crippen molar-refractivity contribution >= 4 is 34.3 Å². The number of carbonyl (C=O) groups excluding carboxylic acids is 3. The van der Waals surface area contributed by atoms with E-state index >= 15 is 0 Å². The van der Waals surface area contributed by atoms with Gasteiger partial charge in [-0.15, -0.1) is 0 Å². The number of rotatable bonds is 6. The SMILES string of the molecule is Cn1nc(C2CCC(=O)NC2=O)c2cccc(OCC(=O)Nc3ccc(-n4cccc4)cc3)c21. The van der Waals surface area contributed by atoms with Crippen LogP contribution in [0.15, 0.2) is 67.0 Å². The van der Waals surface area contributed by atoms with Gasteiger partial charge in [-0.2, -0.15) is 5.10 Å². The molecule has 0 spiro atoms. The van der Waals surface area contributed by atoms with Gasteiger partial charge in [0.1, 0.15) is 11.3 Å². The lowest BCUT2D eigenvalue weighted by Gasteiger charge is -2.19. The van der Waals surface area contributed by atoms with E-state index in [0.29, 0.717) is 29.1 Å². The van der Waals surface area contributed by atoms with E-state index in [-0.39, 0.29) is 30.7 Å². The molecular weight excluding hydrogens is 434 g/mol. The zero-order valence-corrected chi connectivity index (χ0v) is 18.5. The number of amides is 3. The van der Waals surface area contributed by atoms with Gasteiger partial charge in [0, 0.05) is 42.6 Å². The van der Waals surface area contributed by atoms with E-state index in [1.165, 1.54) is 0 Å². The van der Waals surface area contributed by atoms with Crippen LogP contribution in [0.4, 0.5) is 5.69 Å². The number of ether oxygens (including phenoxy) is 1. The number of piperidine rings is 1. The number of para-hydroxylation sites is 1. The van der Waals surface area contributed by atoms with E-state index in [0.717, 1.165) is 11.1 Å². The highest BCUT2D eigenvalue weighted by Crippen LogP contribution is 2.34. The van der Waals surface area contributed by atoms with E-state index in [1.807, 2.05) is 59.4 Å². The van der Waals surface area contributed by atoms with Gasteiger partial charge in [0.05, 0.1) is 11.6 Å². The smallest absolute Gasteiger partial charge is 0.262 e. The molecule has 1 atom stereocenters. The topological polar surface area (TPSA) is 107 Å². The average Bonchev–Trinajstić information content (AvgIpc) is 3.47. The fraction of sp³-hybridized carbons (Fsp3) is 0.200. The molecule has 0 bridgehead atoms. The molecular formula is C25H23N5O4. The minimum absolute atomic E-state index is 0.183. The Morgan fingerprint density at radius 1 is 1.12 bits per heavy atom. The Morgan fingerprint density at radius 2 is 1.88 bits per heavy atom. The van der Waals surface area contributed by atoms with Crippen molar-refractivity contribution in [1.29, 1.82) is 0 Å². The van der Waals surface area contributed by atoms with Crippen molar-refractivity contribution in [3.05, 3.63) is 72.7 Å². The summed E-state index contributed by atoms with van der Waals surface area (Å²) in [6.45, 7) is -0.183. The lowest BCUT2D eigenvalue weighted by atomic mass is 9.93. The highest BCUT2D eigenvalue weighted by molar-refractivity contribution is 6.03. The molecule has 1 aliphatic heterocycles. The number of aryl methyl sites for hydroxylation is 1. The molecule has 172 valence electrons. The Morgan fingerprint density at radius 3 is 2.62 bits per heavy atom. The zero-order valence-electron chi connectivity index (χ0n) is 18.5. The van der Waals surface area contributed by atoms with Crippen molar-refractivity contribution in [3.8, 4) is 11.4 Å². The maximum absolute atomic E-state index is 12.5. The van der Waals surface area contributed by atoms with Gasteiger partial charge in [-0.25, -0.2) is 0 Å². The van der Waals surface area contributed by atoms with Crippen LogP contribution in [0, 0.1) is 0 Å². The maximum atomic E-state index is 12.5. The molecule has 2 N–H and O–H groups in total. The predicted molar refractivity (Wildman–Crippen MR) is 126 cm³/mol. The maximum Gasteiger partial charge on any atom is 0.262 e. The predicted octanol–water partition coefficient (Wildman–Crippen LogP) is 2.90. The standard InChI is InChI=1S/C25H23N5O4/c1-29-24-18(23(28-29)19-11-12-21(31)27-25(19)33)5-4-6-20(24)34-15-22(32)26-16-7-9-17(10-8-16)30-13-2-3-14-30/h2-10,13-14,19H,11-12,15H2,1H3,(H,26,32)(H,27,31,33). The summed E-state index contributed by atoms with van der Waals surface area (Å²) in [7, 11) is 1.76. The summed E-state index contributed by atoms with van der Waals surface area (Å²) in [4.78, 5) is 36.4. The van der Waals surface area contributed by atoms with Crippen molar-refractivity contribution in [2.24, 2.45) is 7.05 Å². The number of nitrogens with zero attached hydrogens (tertiary/aromatic N) is 3. The molecule has 1 saturated heterocycles. The number of carbonyl (C=O) groups is 3. The van der Waals surface area contributed by atoms with E-state index in [4.69, 9.17) is 4.74 Å². The molecule has 1 aliphatic rings. The third-order valence-electron chi connectivity index (χ3n) is 5.84. The third kappa shape index (κ3) is 4.15.